The molecule has 0 spiro atoms. The SMILES string of the molecule is C=CCCCC(N)C(C)(C)OCC. The van der Waals surface area contributed by atoms with E-state index in [0.717, 1.165) is 25.9 Å². The van der Waals surface area contributed by atoms with E-state index in [0.29, 0.717) is 0 Å². The van der Waals surface area contributed by atoms with Crippen LogP contribution in [0, 0.1) is 0 Å². The van der Waals surface area contributed by atoms with E-state index in [4.69, 9.17) is 10.5 Å². The summed E-state index contributed by atoms with van der Waals surface area (Å²) in [6.45, 7) is 10.5. The summed E-state index contributed by atoms with van der Waals surface area (Å²) in [4.78, 5) is 0. The van der Waals surface area contributed by atoms with E-state index in [1.165, 1.54) is 0 Å². The third-order valence-electron chi connectivity index (χ3n) is 2.33. The molecule has 1 unspecified atom stereocenters. The fourth-order valence-electron chi connectivity index (χ4n) is 1.31. The third-order valence-corrected chi connectivity index (χ3v) is 2.33. The zero-order valence-electron chi connectivity index (χ0n) is 9.18. The van der Waals surface area contributed by atoms with Gasteiger partial charge in [0.1, 0.15) is 0 Å². The van der Waals surface area contributed by atoms with Gasteiger partial charge in [0.15, 0.2) is 0 Å². The van der Waals surface area contributed by atoms with Crippen molar-refractivity contribution in [3.05, 3.63) is 12.7 Å². The molecule has 0 aromatic rings. The minimum atomic E-state index is -0.198. The van der Waals surface area contributed by atoms with Crippen LogP contribution in [0.1, 0.15) is 40.0 Å². The number of allylic oxidation sites excluding steroid dienone is 1. The van der Waals surface area contributed by atoms with Crippen molar-refractivity contribution in [2.75, 3.05) is 6.61 Å². The molecule has 0 bridgehead atoms. The molecule has 0 aromatic heterocycles. The smallest absolute Gasteiger partial charge is 0.0776 e. The van der Waals surface area contributed by atoms with Gasteiger partial charge in [-0.2, -0.15) is 0 Å². The molecule has 0 saturated carbocycles. The normalized spacial score (nSPS) is 14.2. The van der Waals surface area contributed by atoms with E-state index in [9.17, 15) is 0 Å². The Morgan fingerprint density at radius 1 is 1.54 bits per heavy atom. The van der Waals surface area contributed by atoms with E-state index in [1.807, 2.05) is 13.0 Å². The summed E-state index contributed by atoms with van der Waals surface area (Å²) in [5, 5.41) is 0. The van der Waals surface area contributed by atoms with Gasteiger partial charge in [0.25, 0.3) is 0 Å². The summed E-state index contributed by atoms with van der Waals surface area (Å²) in [5.74, 6) is 0. The van der Waals surface area contributed by atoms with Crippen molar-refractivity contribution in [3.63, 3.8) is 0 Å². The molecule has 0 amide bonds. The molecule has 78 valence electrons. The van der Waals surface area contributed by atoms with Crippen molar-refractivity contribution >= 4 is 0 Å². The van der Waals surface area contributed by atoms with Gasteiger partial charge in [0.05, 0.1) is 5.60 Å². The molecule has 0 radical (unpaired) electrons. The minimum absolute atomic E-state index is 0.118. The van der Waals surface area contributed by atoms with Gasteiger partial charge < -0.3 is 10.5 Å². The van der Waals surface area contributed by atoms with E-state index < -0.39 is 0 Å². The van der Waals surface area contributed by atoms with Gasteiger partial charge in [-0.25, -0.2) is 0 Å². The zero-order chi connectivity index (χ0) is 10.3. The summed E-state index contributed by atoms with van der Waals surface area (Å²) < 4.78 is 5.57. The standard InChI is InChI=1S/C11H23NO/c1-5-7-8-9-10(12)11(3,4)13-6-2/h5,10H,1,6-9,12H2,2-4H3. The van der Waals surface area contributed by atoms with Crippen LogP contribution in [0.15, 0.2) is 12.7 Å². The number of rotatable bonds is 7. The molecule has 1 atom stereocenters. The second-order valence-corrected chi connectivity index (χ2v) is 3.86. The lowest BCUT2D eigenvalue weighted by molar-refractivity contribution is -0.0310. The van der Waals surface area contributed by atoms with E-state index in [2.05, 4.69) is 20.4 Å². The Morgan fingerprint density at radius 3 is 2.62 bits per heavy atom. The lowest BCUT2D eigenvalue weighted by Gasteiger charge is -2.31. The molecule has 2 N–H and O–H groups in total. The van der Waals surface area contributed by atoms with Crippen molar-refractivity contribution in [3.8, 4) is 0 Å². The Labute approximate surface area is 82.2 Å². The summed E-state index contributed by atoms with van der Waals surface area (Å²) in [5.41, 5.74) is 5.82. The summed E-state index contributed by atoms with van der Waals surface area (Å²) in [6, 6.07) is 0.118. The van der Waals surface area contributed by atoms with Crippen LogP contribution in [0.3, 0.4) is 0 Å². The van der Waals surface area contributed by atoms with Gasteiger partial charge in [-0.15, -0.1) is 6.58 Å². The van der Waals surface area contributed by atoms with Crippen molar-refractivity contribution in [2.45, 2.75) is 51.7 Å². The summed E-state index contributed by atoms with van der Waals surface area (Å²) >= 11 is 0. The number of unbranched alkanes of at least 4 members (excludes halogenated alkanes) is 1. The second kappa shape index (κ2) is 6.17. The molecule has 0 aliphatic heterocycles. The van der Waals surface area contributed by atoms with Gasteiger partial charge in [0, 0.05) is 12.6 Å². The first-order chi connectivity index (χ1) is 6.04. The van der Waals surface area contributed by atoms with Crippen molar-refractivity contribution in [2.24, 2.45) is 5.73 Å². The first kappa shape index (κ1) is 12.7. The fourth-order valence-corrected chi connectivity index (χ4v) is 1.31. The van der Waals surface area contributed by atoms with Crippen LogP contribution in [0.2, 0.25) is 0 Å². The van der Waals surface area contributed by atoms with E-state index in [-0.39, 0.29) is 11.6 Å². The van der Waals surface area contributed by atoms with Gasteiger partial charge in [0.2, 0.25) is 0 Å². The Balaban J connectivity index is 3.78. The van der Waals surface area contributed by atoms with Crippen LogP contribution < -0.4 is 5.73 Å². The number of nitrogens with two attached hydrogens (primary N) is 1. The molecule has 2 heteroatoms. The molecule has 0 aliphatic carbocycles. The molecule has 0 rings (SSSR count). The first-order valence-electron chi connectivity index (χ1n) is 5.05. The Hall–Kier alpha value is -0.340. The maximum absolute atomic E-state index is 6.02. The maximum atomic E-state index is 6.02. The van der Waals surface area contributed by atoms with Gasteiger partial charge in [-0.3, -0.25) is 0 Å². The number of hydrogen-bond acceptors (Lipinski definition) is 2. The molecular weight excluding hydrogens is 162 g/mol. The predicted molar refractivity (Wildman–Crippen MR) is 57.7 cm³/mol. The maximum Gasteiger partial charge on any atom is 0.0776 e. The number of hydrogen-bond donors (Lipinski definition) is 1. The monoisotopic (exact) mass is 185 g/mol. The quantitative estimate of drug-likeness (QED) is 0.488. The third kappa shape index (κ3) is 5.06. The average molecular weight is 185 g/mol. The highest BCUT2D eigenvalue weighted by Gasteiger charge is 2.25. The van der Waals surface area contributed by atoms with Crippen molar-refractivity contribution < 1.29 is 4.74 Å². The van der Waals surface area contributed by atoms with Gasteiger partial charge in [-0.1, -0.05) is 6.08 Å². The van der Waals surface area contributed by atoms with Crippen LogP contribution in [0.5, 0.6) is 0 Å². The zero-order valence-corrected chi connectivity index (χ0v) is 9.18. The van der Waals surface area contributed by atoms with E-state index >= 15 is 0 Å². The molecule has 13 heavy (non-hydrogen) atoms. The molecule has 0 fully saturated rings. The Kier molecular flexibility index (Phi) is 6.00. The highest BCUT2D eigenvalue weighted by molar-refractivity contribution is 4.83. The molecule has 0 aliphatic rings. The molecule has 0 saturated heterocycles. The molecular formula is C11H23NO. The van der Waals surface area contributed by atoms with Crippen LogP contribution in [-0.4, -0.2) is 18.2 Å². The van der Waals surface area contributed by atoms with Gasteiger partial charge >= 0.3 is 0 Å². The van der Waals surface area contributed by atoms with Crippen LogP contribution in [-0.2, 0) is 4.74 Å². The lowest BCUT2D eigenvalue weighted by atomic mass is 9.94. The van der Waals surface area contributed by atoms with Gasteiger partial charge in [-0.05, 0) is 40.0 Å². The van der Waals surface area contributed by atoms with Crippen LogP contribution in [0.25, 0.3) is 0 Å². The predicted octanol–water partition coefficient (Wildman–Crippen LogP) is 2.49. The van der Waals surface area contributed by atoms with Crippen molar-refractivity contribution in [1.29, 1.82) is 0 Å². The lowest BCUT2D eigenvalue weighted by Crippen LogP contribution is -2.45. The fraction of sp³-hybridized carbons (Fsp3) is 0.818. The summed E-state index contributed by atoms with van der Waals surface area (Å²) in [7, 11) is 0. The van der Waals surface area contributed by atoms with E-state index in [1.54, 1.807) is 0 Å². The first-order valence-corrected chi connectivity index (χ1v) is 5.05. The molecule has 0 heterocycles. The molecule has 0 aromatic carbocycles. The average Bonchev–Trinajstić information content (AvgIpc) is 2.04. The largest absolute Gasteiger partial charge is 0.374 e. The Morgan fingerprint density at radius 2 is 2.15 bits per heavy atom. The minimum Gasteiger partial charge on any atom is -0.374 e. The van der Waals surface area contributed by atoms with Crippen molar-refractivity contribution in [1.82, 2.24) is 0 Å². The summed E-state index contributed by atoms with van der Waals surface area (Å²) in [6.07, 6.45) is 5.07. The Bertz CT molecular complexity index is 143. The highest BCUT2D eigenvalue weighted by Crippen LogP contribution is 2.17. The second-order valence-electron chi connectivity index (χ2n) is 3.86. The molecule has 2 nitrogen and oxygen atoms in total. The van der Waals surface area contributed by atoms with Crippen LogP contribution in [0.4, 0.5) is 0 Å². The van der Waals surface area contributed by atoms with Crippen LogP contribution >= 0.6 is 0 Å². The highest BCUT2D eigenvalue weighted by atomic mass is 16.5. The number of ether oxygens (including phenoxy) is 1. The topological polar surface area (TPSA) is 35.2 Å².